The van der Waals surface area contributed by atoms with Crippen molar-refractivity contribution in [3.63, 3.8) is 0 Å². The Balaban J connectivity index is 2.10. The smallest absolute Gasteiger partial charge is 0.319 e. The molecule has 1 heterocycles. The molecule has 1 aromatic carbocycles. The van der Waals surface area contributed by atoms with Crippen molar-refractivity contribution in [3.05, 3.63) is 52.6 Å². The number of hydrogen-bond donors (Lipinski definition) is 2. The first-order valence-electron chi connectivity index (χ1n) is 7.17. The first kappa shape index (κ1) is 16.5. The molecule has 23 heavy (non-hydrogen) atoms. The maximum absolute atomic E-state index is 12.2. The molecule has 0 unspecified atom stereocenters. The highest BCUT2D eigenvalue weighted by Gasteiger charge is 2.22. The molecule has 8 nitrogen and oxygen atoms in total. The number of urea groups is 1. The van der Waals surface area contributed by atoms with Crippen LogP contribution >= 0.6 is 0 Å². The molecule has 0 spiro atoms. The molecule has 1 atom stereocenters. The Hall–Kier alpha value is -2.90. The van der Waals surface area contributed by atoms with Gasteiger partial charge in [-0.05, 0) is 12.0 Å². The van der Waals surface area contributed by atoms with Crippen LogP contribution in [0.5, 0.6) is 0 Å². The van der Waals surface area contributed by atoms with Gasteiger partial charge in [-0.2, -0.15) is 0 Å². The van der Waals surface area contributed by atoms with Gasteiger partial charge in [-0.15, -0.1) is 0 Å². The van der Waals surface area contributed by atoms with Gasteiger partial charge >= 0.3 is 6.03 Å². The number of anilines is 1. The van der Waals surface area contributed by atoms with Crippen LogP contribution in [0, 0.1) is 16.0 Å². The number of nitrogens with one attached hydrogen (secondary N) is 2. The fraction of sp³-hybridized carbons (Fsp3) is 0.333. The van der Waals surface area contributed by atoms with E-state index < -0.39 is 11.0 Å². The molecule has 0 aliphatic carbocycles. The predicted octanol–water partition coefficient (Wildman–Crippen LogP) is 2.85. The maximum Gasteiger partial charge on any atom is 0.319 e. The molecule has 2 rings (SSSR count). The van der Waals surface area contributed by atoms with Crippen LogP contribution in [0.2, 0.25) is 0 Å². The molecular formula is C15H19N5O3. The van der Waals surface area contributed by atoms with Crippen LogP contribution in [0.4, 0.5) is 16.2 Å². The van der Waals surface area contributed by atoms with Crippen molar-refractivity contribution < 1.29 is 9.72 Å². The van der Waals surface area contributed by atoms with Gasteiger partial charge < -0.3 is 15.2 Å². The first-order chi connectivity index (χ1) is 10.9. The molecule has 0 saturated carbocycles. The molecule has 1 aromatic heterocycles. The van der Waals surface area contributed by atoms with E-state index in [1.54, 1.807) is 12.3 Å². The van der Waals surface area contributed by atoms with Crippen LogP contribution in [0.25, 0.3) is 0 Å². The van der Waals surface area contributed by atoms with E-state index in [1.165, 1.54) is 18.2 Å². The van der Waals surface area contributed by atoms with Crippen LogP contribution in [0.1, 0.15) is 25.7 Å². The third-order valence-corrected chi connectivity index (χ3v) is 3.40. The van der Waals surface area contributed by atoms with Gasteiger partial charge in [-0.1, -0.05) is 19.9 Å². The Morgan fingerprint density at radius 2 is 2.13 bits per heavy atom. The molecule has 0 radical (unpaired) electrons. The monoisotopic (exact) mass is 317 g/mol. The summed E-state index contributed by atoms with van der Waals surface area (Å²) < 4.78 is 1.85. The number of aromatic nitrogens is 2. The third-order valence-electron chi connectivity index (χ3n) is 3.40. The highest BCUT2D eigenvalue weighted by molar-refractivity contribution is 5.89. The van der Waals surface area contributed by atoms with Crippen LogP contribution in [-0.2, 0) is 7.05 Å². The van der Waals surface area contributed by atoms with Crippen LogP contribution in [-0.4, -0.2) is 20.5 Å². The van der Waals surface area contributed by atoms with Gasteiger partial charge in [0.1, 0.15) is 5.82 Å². The maximum atomic E-state index is 12.2. The lowest BCUT2D eigenvalue weighted by atomic mass is 10.0. The normalized spacial score (nSPS) is 12.0. The van der Waals surface area contributed by atoms with Crippen molar-refractivity contribution in [2.24, 2.45) is 13.0 Å². The van der Waals surface area contributed by atoms with Crippen molar-refractivity contribution in [2.75, 3.05) is 5.32 Å². The SMILES string of the molecule is CC(C)[C@@H](NC(=O)Nc1cccc([N+](=O)[O-])c1)c1nccn1C. The summed E-state index contributed by atoms with van der Waals surface area (Å²) in [6, 6.07) is 5.09. The van der Waals surface area contributed by atoms with Crippen molar-refractivity contribution in [2.45, 2.75) is 19.9 Å². The van der Waals surface area contributed by atoms with Gasteiger partial charge in [0.2, 0.25) is 0 Å². The number of rotatable bonds is 5. The number of hydrogen-bond acceptors (Lipinski definition) is 4. The van der Waals surface area contributed by atoms with Crippen molar-refractivity contribution in [3.8, 4) is 0 Å². The van der Waals surface area contributed by atoms with E-state index in [4.69, 9.17) is 0 Å². The number of carbonyl (C=O) groups is 1. The Kier molecular flexibility index (Phi) is 4.95. The zero-order valence-electron chi connectivity index (χ0n) is 13.2. The molecular weight excluding hydrogens is 298 g/mol. The van der Waals surface area contributed by atoms with Gasteiger partial charge in [0, 0.05) is 37.3 Å². The quantitative estimate of drug-likeness (QED) is 0.654. The van der Waals surface area contributed by atoms with Crippen molar-refractivity contribution >= 4 is 17.4 Å². The average molecular weight is 317 g/mol. The second-order valence-electron chi connectivity index (χ2n) is 5.52. The van der Waals surface area contributed by atoms with Crippen molar-refractivity contribution in [1.29, 1.82) is 0 Å². The minimum atomic E-state index is -0.506. The van der Waals surface area contributed by atoms with Gasteiger partial charge in [0.15, 0.2) is 0 Å². The zero-order valence-corrected chi connectivity index (χ0v) is 13.2. The summed E-state index contributed by atoms with van der Waals surface area (Å²) in [6.45, 7) is 3.96. The lowest BCUT2D eigenvalue weighted by molar-refractivity contribution is -0.384. The third kappa shape index (κ3) is 4.06. The first-order valence-corrected chi connectivity index (χ1v) is 7.17. The number of nitro groups is 1. The highest BCUT2D eigenvalue weighted by atomic mass is 16.6. The summed E-state index contributed by atoms with van der Waals surface area (Å²) in [7, 11) is 1.86. The van der Waals surface area contributed by atoms with Crippen molar-refractivity contribution in [1.82, 2.24) is 14.9 Å². The van der Waals surface area contributed by atoms with Gasteiger partial charge in [-0.25, -0.2) is 9.78 Å². The number of nitrogens with zero attached hydrogens (tertiary/aromatic N) is 3. The molecule has 0 fully saturated rings. The zero-order chi connectivity index (χ0) is 17.0. The molecule has 2 amide bonds. The lowest BCUT2D eigenvalue weighted by Gasteiger charge is -2.22. The largest absolute Gasteiger partial charge is 0.336 e. The molecule has 0 aliphatic rings. The number of aryl methyl sites for hydroxylation is 1. The second kappa shape index (κ2) is 6.91. The Labute approximate surface area is 133 Å². The summed E-state index contributed by atoms with van der Waals surface area (Å²) in [5.41, 5.74) is 0.284. The summed E-state index contributed by atoms with van der Waals surface area (Å²) in [5, 5.41) is 16.2. The van der Waals surface area contributed by atoms with Crippen LogP contribution in [0.3, 0.4) is 0 Å². The minimum Gasteiger partial charge on any atom is -0.336 e. The Morgan fingerprint density at radius 1 is 1.39 bits per heavy atom. The number of benzene rings is 1. The predicted molar refractivity (Wildman–Crippen MR) is 86.0 cm³/mol. The number of amides is 2. The second-order valence-corrected chi connectivity index (χ2v) is 5.52. The lowest BCUT2D eigenvalue weighted by Crippen LogP contribution is -2.36. The molecule has 122 valence electrons. The van der Waals surface area contributed by atoms with Crippen LogP contribution < -0.4 is 10.6 Å². The molecule has 0 aliphatic heterocycles. The van der Waals surface area contributed by atoms with E-state index in [0.29, 0.717) is 5.69 Å². The molecule has 8 heteroatoms. The van der Waals surface area contributed by atoms with Gasteiger partial charge in [0.25, 0.3) is 5.69 Å². The van der Waals surface area contributed by atoms with Gasteiger partial charge in [0.05, 0.1) is 11.0 Å². The molecule has 2 aromatic rings. The summed E-state index contributed by atoms with van der Waals surface area (Å²) in [4.78, 5) is 26.7. The summed E-state index contributed by atoms with van der Waals surface area (Å²) in [5.74, 6) is 0.876. The number of non-ortho nitro benzene ring substituents is 1. The average Bonchev–Trinajstić information content (AvgIpc) is 2.90. The summed E-state index contributed by atoms with van der Waals surface area (Å²) >= 11 is 0. The fourth-order valence-corrected chi connectivity index (χ4v) is 2.21. The Morgan fingerprint density at radius 3 is 2.70 bits per heavy atom. The number of carbonyl (C=O) groups excluding carboxylic acids is 1. The molecule has 0 bridgehead atoms. The van der Waals surface area contributed by atoms with E-state index in [2.05, 4.69) is 15.6 Å². The molecule has 2 N–H and O–H groups in total. The fourth-order valence-electron chi connectivity index (χ4n) is 2.21. The van der Waals surface area contributed by atoms with Gasteiger partial charge in [-0.3, -0.25) is 10.1 Å². The summed E-state index contributed by atoms with van der Waals surface area (Å²) in [6.07, 6.45) is 3.48. The number of nitro benzene ring substituents is 1. The topological polar surface area (TPSA) is 102 Å². The van der Waals surface area contributed by atoms with Crippen LogP contribution in [0.15, 0.2) is 36.7 Å². The standard InChI is InChI=1S/C15H19N5O3/c1-10(2)13(14-16-7-8-19(14)3)18-15(21)17-11-5-4-6-12(9-11)20(22)23/h4-10,13H,1-3H3,(H2,17,18,21)/t13-/m1/s1. The molecule has 0 saturated heterocycles. The van der Waals surface area contributed by atoms with E-state index in [1.807, 2.05) is 31.7 Å². The Bertz CT molecular complexity index is 711. The van der Waals surface area contributed by atoms with E-state index in [0.717, 1.165) is 5.82 Å². The number of imidazole rings is 1. The minimum absolute atomic E-state index is 0.0766. The van der Waals surface area contributed by atoms with E-state index in [-0.39, 0.29) is 17.6 Å². The van der Waals surface area contributed by atoms with E-state index in [9.17, 15) is 14.9 Å². The van der Waals surface area contributed by atoms with E-state index >= 15 is 0 Å². The highest BCUT2D eigenvalue weighted by Crippen LogP contribution is 2.21.